The first-order valence-corrected chi connectivity index (χ1v) is 6.78. The summed E-state index contributed by atoms with van der Waals surface area (Å²) in [6.07, 6.45) is -0.114. The predicted molar refractivity (Wildman–Crippen MR) is 70.5 cm³/mol. The Balaban J connectivity index is 2.10. The van der Waals surface area contributed by atoms with Gasteiger partial charge in [0, 0.05) is 12.1 Å². The van der Waals surface area contributed by atoms with Gasteiger partial charge < -0.3 is 25.2 Å². The van der Waals surface area contributed by atoms with Crippen molar-refractivity contribution in [3.05, 3.63) is 0 Å². The van der Waals surface area contributed by atoms with E-state index in [0.29, 0.717) is 13.2 Å². The average Bonchev–Trinajstić information content (AvgIpc) is 2.25. The van der Waals surface area contributed by atoms with Crippen LogP contribution in [-0.2, 0) is 14.3 Å². The molecule has 0 radical (unpaired) electrons. The summed E-state index contributed by atoms with van der Waals surface area (Å²) in [5, 5.41) is 15.4. The summed E-state index contributed by atoms with van der Waals surface area (Å²) in [7, 11) is 0. The standard InChI is InChI=1S/C13H22N2O5/c1-12(2,3)20-11(18)15-13(10(16)17)4-8-6-19-7-9(5-13)14-8/h8-9,14H,4-7H2,1-3H3,(H,15,18)(H,16,17). The lowest BCUT2D eigenvalue weighted by Crippen LogP contribution is -2.68. The number of nitrogens with one attached hydrogen (secondary N) is 2. The van der Waals surface area contributed by atoms with Crippen LogP contribution in [0.5, 0.6) is 0 Å². The van der Waals surface area contributed by atoms with Gasteiger partial charge in [-0.2, -0.15) is 0 Å². The summed E-state index contributed by atoms with van der Waals surface area (Å²) < 4.78 is 10.6. The molecule has 0 aliphatic carbocycles. The van der Waals surface area contributed by atoms with E-state index in [1.807, 2.05) is 0 Å². The van der Waals surface area contributed by atoms with E-state index >= 15 is 0 Å². The fraction of sp³-hybridized carbons (Fsp3) is 0.846. The molecule has 2 rings (SSSR count). The number of carboxylic acid groups (broad SMARTS) is 1. The van der Waals surface area contributed by atoms with E-state index in [2.05, 4.69) is 10.6 Å². The van der Waals surface area contributed by atoms with Crippen LogP contribution in [0.2, 0.25) is 0 Å². The molecule has 1 amide bonds. The molecule has 0 aromatic rings. The molecular weight excluding hydrogens is 264 g/mol. The van der Waals surface area contributed by atoms with Crippen LogP contribution in [-0.4, -0.2) is 53.6 Å². The van der Waals surface area contributed by atoms with E-state index in [0.717, 1.165) is 0 Å². The largest absolute Gasteiger partial charge is 0.480 e. The molecule has 0 saturated carbocycles. The van der Waals surface area contributed by atoms with Gasteiger partial charge in [0.25, 0.3) is 0 Å². The SMILES string of the molecule is CC(C)(C)OC(=O)NC1(C(=O)O)CC2COCC(C1)N2. The molecule has 2 atom stereocenters. The number of carbonyl (C=O) groups excluding carboxylic acids is 1. The van der Waals surface area contributed by atoms with Gasteiger partial charge in [0.15, 0.2) is 0 Å². The highest BCUT2D eigenvalue weighted by molar-refractivity contribution is 5.84. The van der Waals surface area contributed by atoms with Crippen LogP contribution in [0.25, 0.3) is 0 Å². The maximum absolute atomic E-state index is 11.9. The summed E-state index contributed by atoms with van der Waals surface area (Å²) in [4.78, 5) is 23.6. The number of morpholine rings is 1. The smallest absolute Gasteiger partial charge is 0.408 e. The highest BCUT2D eigenvalue weighted by Crippen LogP contribution is 2.29. The van der Waals surface area contributed by atoms with Crippen LogP contribution < -0.4 is 10.6 Å². The first-order chi connectivity index (χ1) is 9.20. The quantitative estimate of drug-likeness (QED) is 0.683. The van der Waals surface area contributed by atoms with Crippen molar-refractivity contribution in [1.82, 2.24) is 10.6 Å². The molecule has 2 fully saturated rings. The molecule has 2 heterocycles. The maximum atomic E-state index is 11.9. The fourth-order valence-electron chi connectivity index (χ4n) is 2.77. The summed E-state index contributed by atoms with van der Waals surface area (Å²) in [6.45, 7) is 6.14. The van der Waals surface area contributed by atoms with Crippen molar-refractivity contribution in [2.45, 2.75) is 56.8 Å². The predicted octanol–water partition coefficient (Wildman–Crippen LogP) is 0.485. The van der Waals surface area contributed by atoms with Crippen LogP contribution in [0.4, 0.5) is 4.79 Å². The minimum Gasteiger partial charge on any atom is -0.480 e. The van der Waals surface area contributed by atoms with E-state index in [1.54, 1.807) is 20.8 Å². The molecule has 0 aromatic carbocycles. The summed E-state index contributed by atoms with van der Waals surface area (Å²) in [6, 6.07) is -0.123. The van der Waals surface area contributed by atoms with Gasteiger partial charge in [0.05, 0.1) is 13.2 Å². The van der Waals surface area contributed by atoms with Crippen molar-refractivity contribution in [2.24, 2.45) is 0 Å². The minimum absolute atomic E-state index is 0.0615. The first-order valence-electron chi connectivity index (χ1n) is 6.78. The van der Waals surface area contributed by atoms with Gasteiger partial charge in [0.2, 0.25) is 0 Å². The molecule has 0 spiro atoms. The third-order valence-electron chi connectivity index (χ3n) is 3.45. The van der Waals surface area contributed by atoms with E-state index < -0.39 is 23.2 Å². The molecule has 2 unspecified atom stereocenters. The Morgan fingerprint density at radius 3 is 2.30 bits per heavy atom. The number of amides is 1. The number of fused-ring (bicyclic) bond motifs is 2. The number of aliphatic carboxylic acids is 1. The summed E-state index contributed by atoms with van der Waals surface area (Å²) in [5.41, 5.74) is -1.94. The van der Waals surface area contributed by atoms with Gasteiger partial charge in [-0.05, 0) is 33.6 Å². The molecule has 2 aliphatic heterocycles. The lowest BCUT2D eigenvalue weighted by Gasteiger charge is -2.45. The van der Waals surface area contributed by atoms with Crippen molar-refractivity contribution in [3.8, 4) is 0 Å². The molecule has 7 heteroatoms. The molecule has 3 N–H and O–H groups in total. The number of carboxylic acids is 1. The van der Waals surface area contributed by atoms with Gasteiger partial charge in [-0.1, -0.05) is 0 Å². The Labute approximate surface area is 118 Å². The second kappa shape index (κ2) is 5.21. The molecule has 0 aromatic heterocycles. The van der Waals surface area contributed by atoms with Crippen molar-refractivity contribution in [1.29, 1.82) is 0 Å². The zero-order valence-electron chi connectivity index (χ0n) is 12.1. The number of hydrogen-bond donors (Lipinski definition) is 3. The van der Waals surface area contributed by atoms with Crippen molar-refractivity contribution < 1.29 is 24.2 Å². The van der Waals surface area contributed by atoms with Crippen LogP contribution >= 0.6 is 0 Å². The van der Waals surface area contributed by atoms with Crippen LogP contribution in [0, 0.1) is 0 Å². The molecule has 2 aliphatic rings. The molecular formula is C13H22N2O5. The van der Waals surface area contributed by atoms with Gasteiger partial charge >= 0.3 is 12.1 Å². The maximum Gasteiger partial charge on any atom is 0.408 e. The Morgan fingerprint density at radius 1 is 1.30 bits per heavy atom. The van der Waals surface area contributed by atoms with Gasteiger partial charge in [0.1, 0.15) is 11.1 Å². The third-order valence-corrected chi connectivity index (χ3v) is 3.45. The Morgan fingerprint density at radius 2 is 1.85 bits per heavy atom. The van der Waals surface area contributed by atoms with Crippen LogP contribution in [0.1, 0.15) is 33.6 Å². The van der Waals surface area contributed by atoms with Crippen molar-refractivity contribution in [3.63, 3.8) is 0 Å². The van der Waals surface area contributed by atoms with Gasteiger partial charge in [-0.15, -0.1) is 0 Å². The lowest BCUT2D eigenvalue weighted by molar-refractivity contribution is -0.149. The second-order valence-electron chi connectivity index (χ2n) is 6.52. The molecule has 20 heavy (non-hydrogen) atoms. The Bertz CT molecular complexity index is 392. The zero-order valence-corrected chi connectivity index (χ0v) is 12.1. The zero-order chi connectivity index (χ0) is 15.0. The van der Waals surface area contributed by atoms with Crippen LogP contribution in [0.3, 0.4) is 0 Å². The molecule has 2 bridgehead atoms. The van der Waals surface area contributed by atoms with E-state index in [-0.39, 0.29) is 24.9 Å². The minimum atomic E-state index is -1.29. The monoisotopic (exact) mass is 286 g/mol. The highest BCUT2D eigenvalue weighted by atomic mass is 16.6. The van der Waals surface area contributed by atoms with Gasteiger partial charge in [-0.3, -0.25) is 0 Å². The second-order valence-corrected chi connectivity index (χ2v) is 6.52. The number of hydrogen-bond acceptors (Lipinski definition) is 5. The number of ether oxygens (including phenoxy) is 2. The van der Waals surface area contributed by atoms with Crippen molar-refractivity contribution in [2.75, 3.05) is 13.2 Å². The number of piperidine rings is 1. The fourth-order valence-corrected chi connectivity index (χ4v) is 2.77. The summed E-state index contributed by atoms with van der Waals surface area (Å²) in [5.74, 6) is -1.03. The number of alkyl carbamates (subject to hydrolysis) is 1. The Kier molecular flexibility index (Phi) is 3.93. The van der Waals surface area contributed by atoms with Crippen LogP contribution in [0.15, 0.2) is 0 Å². The normalized spacial score (nSPS) is 33.4. The van der Waals surface area contributed by atoms with Crippen molar-refractivity contribution >= 4 is 12.1 Å². The molecule has 7 nitrogen and oxygen atoms in total. The van der Waals surface area contributed by atoms with E-state index in [4.69, 9.17) is 9.47 Å². The Hall–Kier alpha value is -1.34. The third kappa shape index (κ3) is 3.40. The first kappa shape index (κ1) is 15.1. The van der Waals surface area contributed by atoms with E-state index in [9.17, 15) is 14.7 Å². The number of rotatable bonds is 2. The molecule has 114 valence electrons. The molecule has 2 saturated heterocycles. The topological polar surface area (TPSA) is 96.9 Å². The van der Waals surface area contributed by atoms with E-state index in [1.165, 1.54) is 0 Å². The number of carbonyl (C=O) groups is 2. The lowest BCUT2D eigenvalue weighted by atomic mass is 9.80. The average molecular weight is 286 g/mol. The van der Waals surface area contributed by atoms with Gasteiger partial charge in [-0.25, -0.2) is 9.59 Å². The summed E-state index contributed by atoms with van der Waals surface area (Å²) >= 11 is 0. The highest BCUT2D eigenvalue weighted by Gasteiger charge is 2.49.